The lowest BCUT2D eigenvalue weighted by atomic mass is 9.89. The van der Waals surface area contributed by atoms with Crippen molar-refractivity contribution in [1.82, 2.24) is 4.98 Å². The highest BCUT2D eigenvalue weighted by Gasteiger charge is 2.23. The van der Waals surface area contributed by atoms with E-state index in [0.29, 0.717) is 0 Å². The summed E-state index contributed by atoms with van der Waals surface area (Å²) in [5, 5.41) is 29.1. The van der Waals surface area contributed by atoms with Crippen LogP contribution >= 0.6 is 0 Å². The van der Waals surface area contributed by atoms with Gasteiger partial charge in [-0.15, -0.1) is 0 Å². The number of hydrogen-bond acceptors (Lipinski definition) is 4. The van der Waals surface area contributed by atoms with Crippen LogP contribution in [0, 0.1) is 6.92 Å². The normalized spacial score (nSPS) is 13.1. The number of aromatic nitrogens is 1. The number of pyridine rings is 1. The number of carbonyl (C=O) groups is 1. The Balaban J connectivity index is 0.00000119. The van der Waals surface area contributed by atoms with E-state index in [1.54, 1.807) is 6.08 Å². The predicted octanol–water partition coefficient (Wildman–Crippen LogP) is 7.89. The summed E-state index contributed by atoms with van der Waals surface area (Å²) in [5.74, 6) is -1.09. The van der Waals surface area contributed by atoms with E-state index in [0.717, 1.165) is 47.3 Å². The molecule has 0 aliphatic heterocycles. The van der Waals surface area contributed by atoms with E-state index < -0.39 is 18.2 Å². The third-order valence-electron chi connectivity index (χ3n) is 6.14. The summed E-state index contributed by atoms with van der Waals surface area (Å²) in [5.41, 5.74) is 8.73. The van der Waals surface area contributed by atoms with Crippen LogP contribution in [0.3, 0.4) is 0 Å². The van der Waals surface area contributed by atoms with Crippen LogP contribution in [0.4, 0.5) is 0 Å². The molecule has 0 spiro atoms. The van der Waals surface area contributed by atoms with Crippen molar-refractivity contribution in [3.05, 3.63) is 83.1 Å². The third-order valence-corrected chi connectivity index (χ3v) is 6.14. The van der Waals surface area contributed by atoms with Crippen LogP contribution in [0.25, 0.3) is 28.5 Å². The van der Waals surface area contributed by atoms with Crippen LogP contribution in [-0.2, 0) is 17.6 Å². The second kappa shape index (κ2) is 18.1. The van der Waals surface area contributed by atoms with Gasteiger partial charge in [-0.25, -0.2) is 0 Å². The number of carboxylic acid groups (broad SMARTS) is 1. The minimum absolute atomic E-state index is 0.0335. The Hall–Kier alpha value is -3.28. The summed E-state index contributed by atoms with van der Waals surface area (Å²) in [7, 11) is 0. The molecule has 5 nitrogen and oxygen atoms in total. The van der Waals surface area contributed by atoms with Gasteiger partial charge in [-0.05, 0) is 48.4 Å². The Labute approximate surface area is 235 Å². The molecule has 2 atom stereocenters. The van der Waals surface area contributed by atoms with Crippen molar-refractivity contribution in [1.29, 1.82) is 0 Å². The largest absolute Gasteiger partial charge is 0.481 e. The second-order valence-corrected chi connectivity index (χ2v) is 8.60. The highest BCUT2D eigenvalue weighted by atomic mass is 16.4. The second-order valence-electron chi connectivity index (χ2n) is 8.60. The molecule has 4 rings (SSSR count). The van der Waals surface area contributed by atoms with Gasteiger partial charge in [-0.1, -0.05) is 108 Å². The number of nitrogens with zero attached hydrogens (tertiary/aromatic N) is 1. The summed E-state index contributed by atoms with van der Waals surface area (Å²) < 4.78 is 0. The fraction of sp³-hybridized carbons (Fsp3) is 0.412. The Kier molecular flexibility index (Phi) is 15.7. The van der Waals surface area contributed by atoms with Crippen molar-refractivity contribution in [2.75, 3.05) is 0 Å². The Bertz CT molecular complexity index is 1170. The third kappa shape index (κ3) is 9.45. The van der Waals surface area contributed by atoms with E-state index in [1.807, 2.05) is 72.7 Å². The first-order valence-corrected chi connectivity index (χ1v) is 14.4. The number of fused-ring (bicyclic) bond motifs is 3. The molecule has 0 radical (unpaired) electrons. The van der Waals surface area contributed by atoms with Crippen LogP contribution in [0.2, 0.25) is 0 Å². The lowest BCUT2D eigenvalue weighted by Gasteiger charge is -2.19. The SMILES string of the molecule is CC.CC.CC.Cc1nc2c(c(-c3ccccc3)c1/C=C/C(O)CC(O)CC(=O)O)CCCc1ccccc1-2. The Morgan fingerprint density at radius 1 is 0.923 bits per heavy atom. The van der Waals surface area contributed by atoms with Gasteiger partial charge >= 0.3 is 5.97 Å². The summed E-state index contributed by atoms with van der Waals surface area (Å²) in [4.78, 5) is 15.8. The predicted molar refractivity (Wildman–Crippen MR) is 164 cm³/mol. The number of rotatable bonds is 7. The van der Waals surface area contributed by atoms with E-state index in [1.165, 1.54) is 16.7 Å². The molecule has 212 valence electrons. The first-order valence-electron chi connectivity index (χ1n) is 14.4. The minimum Gasteiger partial charge on any atom is -0.481 e. The average molecular weight is 534 g/mol. The average Bonchev–Trinajstić information content (AvgIpc) is 3.14. The van der Waals surface area contributed by atoms with Crippen LogP contribution in [0.5, 0.6) is 0 Å². The molecule has 3 N–H and O–H groups in total. The molecule has 1 aliphatic carbocycles. The number of aryl methyl sites for hydroxylation is 2. The van der Waals surface area contributed by atoms with Crippen molar-refractivity contribution in [2.45, 2.75) is 92.8 Å². The van der Waals surface area contributed by atoms with Crippen molar-refractivity contribution < 1.29 is 20.1 Å². The molecule has 1 heterocycles. The fourth-order valence-corrected chi connectivity index (χ4v) is 4.64. The molecule has 1 aromatic heterocycles. The van der Waals surface area contributed by atoms with Crippen LogP contribution in [0.1, 0.15) is 83.2 Å². The van der Waals surface area contributed by atoms with Crippen molar-refractivity contribution in [2.24, 2.45) is 0 Å². The van der Waals surface area contributed by atoms with Gasteiger partial charge in [0.15, 0.2) is 0 Å². The molecular weight excluding hydrogens is 486 g/mol. The van der Waals surface area contributed by atoms with Gasteiger partial charge in [-0.2, -0.15) is 0 Å². The van der Waals surface area contributed by atoms with E-state index in [4.69, 9.17) is 10.1 Å². The molecule has 3 aromatic rings. The van der Waals surface area contributed by atoms with E-state index >= 15 is 0 Å². The summed E-state index contributed by atoms with van der Waals surface area (Å²) >= 11 is 0. The van der Waals surface area contributed by atoms with E-state index in [9.17, 15) is 15.0 Å². The number of aliphatic hydroxyl groups excluding tert-OH is 2. The maximum atomic E-state index is 10.8. The molecule has 39 heavy (non-hydrogen) atoms. The number of carboxylic acids is 1. The van der Waals surface area contributed by atoms with Crippen molar-refractivity contribution in [3.8, 4) is 22.4 Å². The summed E-state index contributed by atoms with van der Waals surface area (Å²) in [6, 6.07) is 18.7. The first kappa shape index (κ1) is 33.7. The highest BCUT2D eigenvalue weighted by Crippen LogP contribution is 2.40. The zero-order chi connectivity index (χ0) is 29.4. The first-order chi connectivity index (χ1) is 18.9. The quantitative estimate of drug-likeness (QED) is 0.287. The number of benzene rings is 2. The molecule has 2 unspecified atom stereocenters. The van der Waals surface area contributed by atoms with Gasteiger partial charge in [0, 0.05) is 23.2 Å². The van der Waals surface area contributed by atoms with E-state index in [-0.39, 0.29) is 12.8 Å². The number of hydrogen-bond donors (Lipinski definition) is 3. The summed E-state index contributed by atoms with van der Waals surface area (Å²) in [6.45, 7) is 14.0. The monoisotopic (exact) mass is 533 g/mol. The van der Waals surface area contributed by atoms with Gasteiger partial charge in [0.25, 0.3) is 0 Å². The molecule has 0 amide bonds. The van der Waals surface area contributed by atoms with E-state index in [2.05, 4.69) is 36.4 Å². The van der Waals surface area contributed by atoms with Gasteiger partial charge in [0.05, 0.1) is 24.3 Å². The molecule has 0 saturated carbocycles. The number of aliphatic carboxylic acids is 1. The molecule has 2 aromatic carbocycles. The Morgan fingerprint density at radius 3 is 2.18 bits per heavy atom. The Morgan fingerprint density at radius 2 is 1.54 bits per heavy atom. The van der Waals surface area contributed by atoms with Gasteiger partial charge in [-0.3, -0.25) is 9.78 Å². The standard InChI is InChI=1S/C28H29NO4.3C2H6/c1-18-23(15-14-21(30)16-22(31)17-26(32)33)27(20-9-3-2-4-10-20)25-13-7-11-19-8-5-6-12-24(19)28(25)29-18;3*1-2/h2-6,8-10,12,14-15,21-22,30-31H,7,11,13,16-17H2,1H3,(H,32,33);3*1-2H3/b15-14+;;;. The van der Waals surface area contributed by atoms with Gasteiger partial charge < -0.3 is 15.3 Å². The van der Waals surface area contributed by atoms with Crippen molar-refractivity contribution >= 4 is 12.0 Å². The minimum atomic E-state index is -1.10. The van der Waals surface area contributed by atoms with Crippen LogP contribution < -0.4 is 0 Å². The van der Waals surface area contributed by atoms with Crippen molar-refractivity contribution in [3.63, 3.8) is 0 Å². The maximum absolute atomic E-state index is 10.8. The van der Waals surface area contributed by atoms with Gasteiger partial charge in [0.1, 0.15) is 0 Å². The molecular formula is C34H47NO4. The van der Waals surface area contributed by atoms with Crippen LogP contribution in [-0.4, -0.2) is 38.5 Å². The smallest absolute Gasteiger partial charge is 0.305 e. The molecule has 0 bridgehead atoms. The topological polar surface area (TPSA) is 90.7 Å². The van der Waals surface area contributed by atoms with Crippen LogP contribution in [0.15, 0.2) is 60.7 Å². The highest BCUT2D eigenvalue weighted by molar-refractivity contribution is 5.85. The molecule has 1 aliphatic rings. The zero-order valence-corrected chi connectivity index (χ0v) is 24.7. The molecule has 0 fully saturated rings. The molecule has 5 heteroatoms. The lowest BCUT2D eigenvalue weighted by Crippen LogP contribution is -2.19. The zero-order valence-electron chi connectivity index (χ0n) is 24.7. The molecule has 0 saturated heterocycles. The number of aliphatic hydroxyl groups is 2. The lowest BCUT2D eigenvalue weighted by molar-refractivity contribution is -0.139. The summed E-state index contributed by atoms with van der Waals surface area (Å²) in [6.07, 6.45) is 3.95. The van der Waals surface area contributed by atoms with Gasteiger partial charge in [0.2, 0.25) is 0 Å². The maximum Gasteiger partial charge on any atom is 0.305 e. The fourth-order valence-electron chi connectivity index (χ4n) is 4.64.